The summed E-state index contributed by atoms with van der Waals surface area (Å²) in [5.41, 5.74) is 6.73. The smallest absolute Gasteiger partial charge is 0.132 e. The molecule has 74 valence electrons. The Balaban J connectivity index is 2.86. The van der Waals surface area contributed by atoms with E-state index in [1.54, 1.807) is 0 Å². The first-order valence-corrected chi connectivity index (χ1v) is 5.36. The van der Waals surface area contributed by atoms with Crippen molar-refractivity contribution in [1.29, 1.82) is 0 Å². The Bertz CT molecular complexity index is 478. The lowest BCUT2D eigenvalue weighted by molar-refractivity contribution is 0.735. The Morgan fingerprint density at radius 3 is 2.93 bits per heavy atom. The van der Waals surface area contributed by atoms with Crippen molar-refractivity contribution in [2.24, 2.45) is 5.73 Å². The zero-order chi connectivity index (χ0) is 10.3. The monoisotopic (exact) mass is 273 g/mol. The number of hydrogen-bond donors (Lipinski definition) is 1. The molecule has 1 unspecified atom stereocenters. The van der Waals surface area contributed by atoms with Crippen molar-refractivity contribution < 1.29 is 0 Å². The van der Waals surface area contributed by atoms with Gasteiger partial charge in [-0.2, -0.15) is 0 Å². The van der Waals surface area contributed by atoms with Gasteiger partial charge in [0.25, 0.3) is 0 Å². The summed E-state index contributed by atoms with van der Waals surface area (Å²) in [6.45, 7) is 1.88. The van der Waals surface area contributed by atoms with Crippen LogP contribution in [0.3, 0.4) is 0 Å². The molecule has 0 fully saturated rings. The summed E-state index contributed by atoms with van der Waals surface area (Å²) in [6.07, 6.45) is 0. The molecule has 0 bridgehead atoms. The summed E-state index contributed by atoms with van der Waals surface area (Å²) in [4.78, 5) is 4.32. The Morgan fingerprint density at radius 2 is 2.29 bits per heavy atom. The molecule has 2 rings (SSSR count). The highest BCUT2D eigenvalue weighted by atomic mass is 79.9. The van der Waals surface area contributed by atoms with E-state index in [9.17, 15) is 0 Å². The molecular formula is C9H9BrClN3. The molecule has 0 aliphatic rings. The Morgan fingerprint density at radius 1 is 1.57 bits per heavy atom. The lowest BCUT2D eigenvalue weighted by Gasteiger charge is -2.05. The molecule has 0 aliphatic heterocycles. The SMILES string of the molecule is CC(N)c1nc(Br)c2cccc(Cl)n12. The average molecular weight is 275 g/mol. The molecule has 5 heteroatoms. The van der Waals surface area contributed by atoms with Crippen molar-refractivity contribution in [3.63, 3.8) is 0 Å². The highest BCUT2D eigenvalue weighted by molar-refractivity contribution is 9.10. The molecule has 1 atom stereocenters. The van der Waals surface area contributed by atoms with Gasteiger partial charge in [0.2, 0.25) is 0 Å². The molecule has 14 heavy (non-hydrogen) atoms. The van der Waals surface area contributed by atoms with E-state index >= 15 is 0 Å². The standard InChI is InChI=1S/C9H9BrClN3/c1-5(12)9-13-8(10)6-3-2-4-7(11)14(6)9/h2-5H,12H2,1H3. The number of aromatic nitrogens is 2. The molecule has 0 saturated carbocycles. The second kappa shape index (κ2) is 3.53. The second-order valence-electron chi connectivity index (χ2n) is 3.12. The van der Waals surface area contributed by atoms with E-state index in [-0.39, 0.29) is 6.04 Å². The first-order valence-electron chi connectivity index (χ1n) is 4.19. The van der Waals surface area contributed by atoms with E-state index in [1.165, 1.54) is 0 Å². The number of hydrogen-bond acceptors (Lipinski definition) is 2. The van der Waals surface area contributed by atoms with E-state index in [4.69, 9.17) is 17.3 Å². The number of nitrogens with zero attached hydrogens (tertiary/aromatic N) is 2. The first-order chi connectivity index (χ1) is 6.61. The summed E-state index contributed by atoms with van der Waals surface area (Å²) < 4.78 is 2.61. The molecule has 2 N–H and O–H groups in total. The van der Waals surface area contributed by atoms with Gasteiger partial charge in [0.05, 0.1) is 11.6 Å². The van der Waals surface area contributed by atoms with E-state index < -0.39 is 0 Å². The maximum atomic E-state index is 6.07. The summed E-state index contributed by atoms with van der Waals surface area (Å²) >= 11 is 9.44. The Kier molecular flexibility index (Phi) is 2.51. The van der Waals surface area contributed by atoms with Crippen LogP contribution in [0, 0.1) is 0 Å². The highest BCUT2D eigenvalue weighted by Gasteiger charge is 2.13. The number of nitrogens with two attached hydrogens (primary N) is 1. The number of pyridine rings is 1. The fourth-order valence-electron chi connectivity index (χ4n) is 1.39. The average Bonchev–Trinajstić information content (AvgIpc) is 2.46. The van der Waals surface area contributed by atoms with E-state index in [0.717, 1.165) is 15.9 Å². The fourth-order valence-corrected chi connectivity index (χ4v) is 2.13. The third-order valence-electron chi connectivity index (χ3n) is 2.00. The van der Waals surface area contributed by atoms with Crippen molar-refractivity contribution in [2.75, 3.05) is 0 Å². The van der Waals surface area contributed by atoms with Crippen LogP contribution in [-0.2, 0) is 0 Å². The van der Waals surface area contributed by atoms with Crippen LogP contribution in [0.4, 0.5) is 0 Å². The third-order valence-corrected chi connectivity index (χ3v) is 2.88. The molecule has 3 nitrogen and oxygen atoms in total. The van der Waals surface area contributed by atoms with Crippen molar-refractivity contribution >= 4 is 33.0 Å². The fraction of sp³-hybridized carbons (Fsp3) is 0.222. The van der Waals surface area contributed by atoms with Gasteiger partial charge in [-0.3, -0.25) is 4.40 Å². The highest BCUT2D eigenvalue weighted by Crippen LogP contribution is 2.25. The van der Waals surface area contributed by atoms with Gasteiger partial charge in [-0.15, -0.1) is 0 Å². The molecule has 2 heterocycles. The number of imidazole rings is 1. The minimum absolute atomic E-state index is 0.145. The number of fused-ring (bicyclic) bond motifs is 1. The molecule has 2 aromatic rings. The van der Waals surface area contributed by atoms with Crippen LogP contribution in [0.5, 0.6) is 0 Å². The van der Waals surface area contributed by atoms with Gasteiger partial charge in [0.1, 0.15) is 15.6 Å². The number of rotatable bonds is 1. The largest absolute Gasteiger partial charge is 0.322 e. The van der Waals surface area contributed by atoms with Gasteiger partial charge in [-0.25, -0.2) is 4.98 Å². The lowest BCUT2D eigenvalue weighted by atomic mass is 10.3. The predicted octanol–water partition coefficient (Wildman–Crippen LogP) is 2.77. The topological polar surface area (TPSA) is 43.3 Å². The van der Waals surface area contributed by atoms with Crippen LogP contribution >= 0.6 is 27.5 Å². The van der Waals surface area contributed by atoms with E-state index in [0.29, 0.717) is 5.15 Å². The van der Waals surface area contributed by atoms with Gasteiger partial charge in [-0.05, 0) is 35.0 Å². The minimum atomic E-state index is -0.145. The maximum Gasteiger partial charge on any atom is 0.132 e. The molecular weight excluding hydrogens is 265 g/mol. The van der Waals surface area contributed by atoms with Gasteiger partial charge < -0.3 is 5.73 Å². The normalized spacial score (nSPS) is 13.4. The maximum absolute atomic E-state index is 6.07. The van der Waals surface area contributed by atoms with Crippen LogP contribution in [0.1, 0.15) is 18.8 Å². The molecule has 0 saturated heterocycles. The van der Waals surface area contributed by atoms with Gasteiger partial charge >= 0.3 is 0 Å². The zero-order valence-corrected chi connectivity index (χ0v) is 9.88. The van der Waals surface area contributed by atoms with Crippen molar-refractivity contribution in [2.45, 2.75) is 13.0 Å². The zero-order valence-electron chi connectivity index (χ0n) is 7.54. The first kappa shape index (κ1) is 9.96. The van der Waals surface area contributed by atoms with E-state index in [1.807, 2.05) is 29.5 Å². The molecule has 0 spiro atoms. The Hall–Kier alpha value is -0.580. The Labute approximate surface area is 95.0 Å². The predicted molar refractivity (Wildman–Crippen MR) is 60.5 cm³/mol. The molecule has 2 aromatic heterocycles. The molecule has 0 radical (unpaired) electrons. The van der Waals surface area contributed by atoms with Crippen molar-refractivity contribution in [1.82, 2.24) is 9.38 Å². The summed E-state index contributed by atoms with van der Waals surface area (Å²) in [6, 6.07) is 5.49. The van der Waals surface area contributed by atoms with Crippen LogP contribution in [0.25, 0.3) is 5.52 Å². The summed E-state index contributed by atoms with van der Waals surface area (Å²) in [7, 11) is 0. The van der Waals surface area contributed by atoms with Crippen LogP contribution in [-0.4, -0.2) is 9.38 Å². The van der Waals surface area contributed by atoms with Crippen molar-refractivity contribution in [3.8, 4) is 0 Å². The lowest BCUT2D eigenvalue weighted by Crippen LogP contribution is -2.09. The van der Waals surface area contributed by atoms with Gasteiger partial charge in [-0.1, -0.05) is 17.7 Å². The van der Waals surface area contributed by atoms with Crippen LogP contribution < -0.4 is 5.73 Å². The molecule has 0 aromatic carbocycles. The third kappa shape index (κ3) is 1.43. The summed E-state index contributed by atoms with van der Waals surface area (Å²) in [5.74, 6) is 0.762. The molecule has 0 amide bonds. The molecule has 0 aliphatic carbocycles. The van der Waals surface area contributed by atoms with Crippen LogP contribution in [0.15, 0.2) is 22.8 Å². The summed E-state index contributed by atoms with van der Waals surface area (Å²) in [5, 5.41) is 0.619. The quantitative estimate of drug-likeness (QED) is 0.813. The van der Waals surface area contributed by atoms with Gasteiger partial charge in [0.15, 0.2) is 0 Å². The minimum Gasteiger partial charge on any atom is -0.322 e. The van der Waals surface area contributed by atoms with Crippen molar-refractivity contribution in [3.05, 3.63) is 33.8 Å². The number of halogens is 2. The van der Waals surface area contributed by atoms with Crippen LogP contribution in [0.2, 0.25) is 5.15 Å². The van der Waals surface area contributed by atoms with E-state index in [2.05, 4.69) is 20.9 Å². The van der Waals surface area contributed by atoms with Gasteiger partial charge in [0, 0.05) is 0 Å². The second-order valence-corrected chi connectivity index (χ2v) is 4.26.